The van der Waals surface area contributed by atoms with Gasteiger partial charge >= 0.3 is 0 Å². The smallest absolute Gasteiger partial charge is 0.226 e. The molecule has 2 aromatic heterocycles. The normalized spacial score (nSPS) is 11.0. The van der Waals surface area contributed by atoms with Crippen LogP contribution in [0.1, 0.15) is 19.5 Å². The molecular formula is C15H21N3O2S. The Morgan fingerprint density at radius 1 is 1.43 bits per heavy atom. The van der Waals surface area contributed by atoms with Crippen LogP contribution in [0.4, 0.5) is 0 Å². The molecule has 0 aliphatic rings. The van der Waals surface area contributed by atoms with Crippen LogP contribution in [0.25, 0.3) is 10.6 Å². The van der Waals surface area contributed by atoms with E-state index in [1.165, 1.54) is 0 Å². The number of nitrogens with zero attached hydrogens (tertiary/aromatic N) is 2. The van der Waals surface area contributed by atoms with E-state index in [9.17, 15) is 4.79 Å². The van der Waals surface area contributed by atoms with E-state index in [0.717, 1.165) is 30.3 Å². The molecule has 0 aromatic carbocycles. The molecule has 21 heavy (non-hydrogen) atoms. The fraction of sp³-hybridized carbons (Fsp3) is 0.467. The third-order valence-electron chi connectivity index (χ3n) is 3.31. The maximum absolute atomic E-state index is 11.9. The SMILES string of the molecule is CCN(CC)CCNC(=O)Cc1cc(-c2cccs2)on1. The summed E-state index contributed by atoms with van der Waals surface area (Å²) in [4.78, 5) is 15.2. The summed E-state index contributed by atoms with van der Waals surface area (Å²) in [5.41, 5.74) is 0.665. The number of amides is 1. The Bertz CT molecular complexity index is 547. The van der Waals surface area contributed by atoms with Crippen molar-refractivity contribution < 1.29 is 9.32 Å². The van der Waals surface area contributed by atoms with Crippen LogP contribution >= 0.6 is 11.3 Å². The first-order valence-corrected chi connectivity index (χ1v) is 8.09. The average Bonchev–Trinajstić information content (AvgIpc) is 3.14. The molecule has 1 amide bonds. The summed E-state index contributed by atoms with van der Waals surface area (Å²) in [5, 5.41) is 8.85. The van der Waals surface area contributed by atoms with Crippen molar-refractivity contribution in [3.63, 3.8) is 0 Å². The summed E-state index contributed by atoms with van der Waals surface area (Å²) in [5.74, 6) is 0.698. The van der Waals surface area contributed by atoms with Gasteiger partial charge in [0, 0.05) is 19.2 Å². The highest BCUT2D eigenvalue weighted by Gasteiger charge is 2.11. The Labute approximate surface area is 128 Å². The highest BCUT2D eigenvalue weighted by molar-refractivity contribution is 7.13. The second-order valence-corrected chi connectivity index (χ2v) is 5.66. The largest absolute Gasteiger partial charge is 0.355 e. The first-order valence-electron chi connectivity index (χ1n) is 7.21. The monoisotopic (exact) mass is 307 g/mol. The molecule has 6 heteroatoms. The molecule has 0 saturated carbocycles. The number of carbonyl (C=O) groups excluding carboxylic acids is 1. The van der Waals surface area contributed by atoms with Crippen LogP contribution in [0.15, 0.2) is 28.1 Å². The van der Waals surface area contributed by atoms with Gasteiger partial charge in [-0.15, -0.1) is 11.3 Å². The zero-order chi connectivity index (χ0) is 15.1. The number of nitrogens with one attached hydrogen (secondary N) is 1. The third-order valence-corrected chi connectivity index (χ3v) is 4.19. The van der Waals surface area contributed by atoms with Gasteiger partial charge in [-0.1, -0.05) is 25.1 Å². The number of hydrogen-bond acceptors (Lipinski definition) is 5. The first-order chi connectivity index (χ1) is 10.2. The molecule has 0 atom stereocenters. The van der Waals surface area contributed by atoms with Crippen molar-refractivity contribution >= 4 is 17.2 Å². The van der Waals surface area contributed by atoms with Gasteiger partial charge in [0.1, 0.15) is 0 Å². The Morgan fingerprint density at radius 3 is 2.90 bits per heavy atom. The molecular weight excluding hydrogens is 286 g/mol. The van der Waals surface area contributed by atoms with Gasteiger partial charge in [-0.05, 0) is 24.5 Å². The van der Waals surface area contributed by atoms with Crippen molar-refractivity contribution in [2.45, 2.75) is 20.3 Å². The van der Waals surface area contributed by atoms with Crippen LogP contribution in [-0.4, -0.2) is 42.1 Å². The first kappa shape index (κ1) is 15.7. The molecule has 0 bridgehead atoms. The van der Waals surface area contributed by atoms with Crippen LogP contribution < -0.4 is 5.32 Å². The van der Waals surface area contributed by atoms with Crippen molar-refractivity contribution in [1.29, 1.82) is 0 Å². The van der Waals surface area contributed by atoms with Gasteiger partial charge in [-0.2, -0.15) is 0 Å². The van der Waals surface area contributed by atoms with Crippen molar-refractivity contribution in [2.24, 2.45) is 0 Å². The van der Waals surface area contributed by atoms with Gasteiger partial charge in [-0.25, -0.2) is 0 Å². The molecule has 0 aliphatic heterocycles. The minimum absolute atomic E-state index is 0.0202. The molecule has 5 nitrogen and oxygen atoms in total. The van der Waals surface area contributed by atoms with E-state index in [2.05, 4.69) is 29.2 Å². The lowest BCUT2D eigenvalue weighted by atomic mass is 10.2. The molecule has 114 valence electrons. The molecule has 0 spiro atoms. The van der Waals surface area contributed by atoms with E-state index < -0.39 is 0 Å². The van der Waals surface area contributed by atoms with E-state index in [1.54, 1.807) is 11.3 Å². The molecule has 0 unspecified atom stereocenters. The van der Waals surface area contributed by atoms with Crippen molar-refractivity contribution in [3.8, 4) is 10.6 Å². The highest BCUT2D eigenvalue weighted by Crippen LogP contribution is 2.25. The fourth-order valence-electron chi connectivity index (χ4n) is 2.05. The van der Waals surface area contributed by atoms with E-state index in [-0.39, 0.29) is 12.3 Å². The van der Waals surface area contributed by atoms with Crippen LogP contribution in [-0.2, 0) is 11.2 Å². The fourth-order valence-corrected chi connectivity index (χ4v) is 2.72. The van der Waals surface area contributed by atoms with Crippen molar-refractivity contribution in [2.75, 3.05) is 26.2 Å². The molecule has 2 heterocycles. The summed E-state index contributed by atoms with van der Waals surface area (Å²) < 4.78 is 5.26. The lowest BCUT2D eigenvalue weighted by Gasteiger charge is -2.17. The predicted molar refractivity (Wildman–Crippen MR) is 84.3 cm³/mol. The lowest BCUT2D eigenvalue weighted by Crippen LogP contribution is -2.35. The molecule has 0 aliphatic carbocycles. The summed E-state index contributed by atoms with van der Waals surface area (Å²) in [6, 6.07) is 5.76. The minimum Gasteiger partial charge on any atom is -0.355 e. The molecule has 1 N–H and O–H groups in total. The van der Waals surface area contributed by atoms with Crippen LogP contribution in [0.3, 0.4) is 0 Å². The summed E-state index contributed by atoms with van der Waals surface area (Å²) in [6.45, 7) is 7.77. The summed E-state index contributed by atoms with van der Waals surface area (Å²) >= 11 is 1.59. The Hall–Kier alpha value is -1.66. The molecule has 0 saturated heterocycles. The quantitative estimate of drug-likeness (QED) is 0.813. The lowest BCUT2D eigenvalue weighted by molar-refractivity contribution is -0.120. The number of aromatic nitrogens is 1. The maximum atomic E-state index is 11.9. The molecule has 0 fully saturated rings. The van der Waals surface area contributed by atoms with Gasteiger partial charge in [0.05, 0.1) is 17.0 Å². The van der Waals surface area contributed by atoms with Crippen LogP contribution in [0.2, 0.25) is 0 Å². The van der Waals surface area contributed by atoms with Crippen LogP contribution in [0.5, 0.6) is 0 Å². The molecule has 2 aromatic rings. The average molecular weight is 307 g/mol. The highest BCUT2D eigenvalue weighted by atomic mass is 32.1. The zero-order valence-electron chi connectivity index (χ0n) is 12.5. The number of rotatable bonds is 8. The number of likely N-dealkylation sites (N-methyl/N-ethyl adjacent to an activating group) is 1. The van der Waals surface area contributed by atoms with Crippen LogP contribution in [0, 0.1) is 0 Å². The Kier molecular flexibility index (Phi) is 5.95. The second kappa shape index (κ2) is 7.95. The van der Waals surface area contributed by atoms with Gasteiger partial charge < -0.3 is 14.7 Å². The van der Waals surface area contributed by atoms with Gasteiger partial charge in [0.2, 0.25) is 5.91 Å². The van der Waals surface area contributed by atoms with Crippen molar-refractivity contribution in [1.82, 2.24) is 15.4 Å². The Morgan fingerprint density at radius 2 is 2.24 bits per heavy atom. The molecule has 0 radical (unpaired) electrons. The Balaban J connectivity index is 1.78. The molecule has 2 rings (SSSR count). The minimum atomic E-state index is -0.0202. The predicted octanol–water partition coefficient (Wildman–Crippen LogP) is 2.40. The van der Waals surface area contributed by atoms with Gasteiger partial charge in [0.15, 0.2) is 5.76 Å². The number of thiophene rings is 1. The van der Waals surface area contributed by atoms with E-state index in [0.29, 0.717) is 12.2 Å². The zero-order valence-corrected chi connectivity index (χ0v) is 13.3. The van der Waals surface area contributed by atoms with E-state index >= 15 is 0 Å². The number of carbonyl (C=O) groups is 1. The van der Waals surface area contributed by atoms with Gasteiger partial charge in [-0.3, -0.25) is 4.79 Å². The summed E-state index contributed by atoms with van der Waals surface area (Å²) in [6.07, 6.45) is 0.257. The second-order valence-electron chi connectivity index (χ2n) is 4.71. The summed E-state index contributed by atoms with van der Waals surface area (Å²) in [7, 11) is 0. The van der Waals surface area contributed by atoms with E-state index in [4.69, 9.17) is 4.52 Å². The van der Waals surface area contributed by atoms with Crippen molar-refractivity contribution in [3.05, 3.63) is 29.3 Å². The van der Waals surface area contributed by atoms with Gasteiger partial charge in [0.25, 0.3) is 0 Å². The third kappa shape index (κ3) is 4.68. The number of hydrogen-bond donors (Lipinski definition) is 1. The van der Waals surface area contributed by atoms with E-state index in [1.807, 2.05) is 23.6 Å². The standard InChI is InChI=1S/C15H21N3O2S/c1-3-18(4-2)8-7-16-15(19)11-12-10-13(20-17-12)14-6-5-9-21-14/h5-6,9-10H,3-4,7-8,11H2,1-2H3,(H,16,19). The maximum Gasteiger partial charge on any atom is 0.226 e. The topological polar surface area (TPSA) is 58.4 Å².